The molecule has 2 aromatic carbocycles. The van der Waals surface area contributed by atoms with Crippen LogP contribution in [0, 0.1) is 0 Å². The van der Waals surface area contributed by atoms with Gasteiger partial charge in [0.05, 0.1) is 31.4 Å². The third-order valence-corrected chi connectivity index (χ3v) is 6.04. The number of aromatic nitrogens is 1. The number of rotatable bonds is 8. The lowest BCUT2D eigenvalue weighted by Gasteiger charge is -2.22. The third kappa shape index (κ3) is 5.30. The highest BCUT2D eigenvalue weighted by Gasteiger charge is 2.40. The summed E-state index contributed by atoms with van der Waals surface area (Å²) in [7, 11) is 1.59. The maximum Gasteiger partial charge on any atom is 0.246 e. The summed E-state index contributed by atoms with van der Waals surface area (Å²) in [4.78, 5) is 42.9. The minimum atomic E-state index is -0.842. The van der Waals surface area contributed by atoms with E-state index < -0.39 is 29.9 Å². The highest BCUT2D eigenvalue weighted by Crippen LogP contribution is 2.34. The zero-order valence-electron chi connectivity index (χ0n) is 20.2. The van der Waals surface area contributed by atoms with Gasteiger partial charge in [-0.1, -0.05) is 36.9 Å². The number of hydrogen-bond donors (Lipinski definition) is 2. The Morgan fingerprint density at radius 2 is 1.92 bits per heavy atom. The number of benzene rings is 2. The Bertz CT molecular complexity index is 1320. The van der Waals surface area contributed by atoms with Crippen molar-refractivity contribution in [3.8, 4) is 22.8 Å². The minimum Gasteiger partial charge on any atom is -0.497 e. The van der Waals surface area contributed by atoms with Gasteiger partial charge < -0.3 is 25.4 Å². The number of nitrogens with one attached hydrogen (secondary N) is 1. The van der Waals surface area contributed by atoms with Crippen molar-refractivity contribution in [2.24, 2.45) is 5.73 Å². The Balaban J connectivity index is 1.62. The van der Waals surface area contributed by atoms with Crippen molar-refractivity contribution in [1.82, 2.24) is 15.2 Å². The molecule has 0 bridgehead atoms. The van der Waals surface area contributed by atoms with Crippen LogP contribution in [0.25, 0.3) is 22.2 Å². The van der Waals surface area contributed by atoms with Gasteiger partial charge in [-0.15, -0.1) is 0 Å². The molecule has 3 N–H and O–H groups in total. The van der Waals surface area contributed by atoms with Crippen LogP contribution in [-0.4, -0.2) is 60.0 Å². The van der Waals surface area contributed by atoms with Gasteiger partial charge in [-0.05, 0) is 19.1 Å². The molecular weight excluding hydrogens is 460 g/mol. The summed E-state index contributed by atoms with van der Waals surface area (Å²) in [6.07, 6.45) is -0.254. The van der Waals surface area contributed by atoms with Gasteiger partial charge in [-0.2, -0.15) is 0 Å². The molecule has 9 nitrogen and oxygen atoms in total. The SMILES string of the molecule is C=C(C)C(=O)NCC(=O)N1C[C@H](Oc2cc(-c3ccccc3)nc3cc(OC)ccc23)C[C@H]1C(N)=O. The quantitative estimate of drug-likeness (QED) is 0.470. The first kappa shape index (κ1) is 24.7. The number of nitrogens with two attached hydrogens (primary N) is 1. The number of likely N-dealkylation sites (tertiary alicyclic amines) is 1. The second-order valence-corrected chi connectivity index (χ2v) is 8.66. The number of fused-ring (bicyclic) bond motifs is 1. The maximum absolute atomic E-state index is 12.8. The van der Waals surface area contributed by atoms with Crippen molar-refractivity contribution in [3.05, 3.63) is 66.7 Å². The maximum atomic E-state index is 12.8. The zero-order valence-corrected chi connectivity index (χ0v) is 20.2. The molecule has 2 atom stereocenters. The molecule has 4 rings (SSSR count). The van der Waals surface area contributed by atoms with Crippen LogP contribution >= 0.6 is 0 Å². The molecular formula is C27H28N4O5. The van der Waals surface area contributed by atoms with Crippen molar-refractivity contribution < 1.29 is 23.9 Å². The Morgan fingerprint density at radius 1 is 1.17 bits per heavy atom. The molecule has 1 fully saturated rings. The van der Waals surface area contributed by atoms with E-state index >= 15 is 0 Å². The van der Waals surface area contributed by atoms with Gasteiger partial charge >= 0.3 is 0 Å². The topological polar surface area (TPSA) is 124 Å². The van der Waals surface area contributed by atoms with Gasteiger partial charge in [0, 0.05) is 35.1 Å². The van der Waals surface area contributed by atoms with Crippen LogP contribution in [0.15, 0.2) is 66.7 Å². The Hall–Kier alpha value is -4.40. The summed E-state index contributed by atoms with van der Waals surface area (Å²) >= 11 is 0. The van der Waals surface area contributed by atoms with E-state index in [-0.39, 0.29) is 25.1 Å². The Labute approximate surface area is 208 Å². The standard InChI is InChI=1S/C27H28N4O5/c1-16(2)27(34)29-14-25(32)31-15-19(12-23(31)26(28)33)36-24-13-21(17-7-5-4-6-8-17)30-22-11-18(35-3)9-10-20(22)24/h4-11,13,19,23H,1,12,14-15H2,2-3H3,(H2,28,33)(H,29,34)/t19-,23+/m1/s1. The molecule has 1 aliphatic rings. The van der Waals surface area contributed by atoms with Gasteiger partial charge in [0.1, 0.15) is 23.6 Å². The molecule has 1 aliphatic heterocycles. The number of nitrogens with zero attached hydrogens (tertiary/aromatic N) is 2. The van der Waals surface area contributed by atoms with E-state index in [0.29, 0.717) is 22.7 Å². The van der Waals surface area contributed by atoms with Gasteiger partial charge in [-0.3, -0.25) is 14.4 Å². The zero-order chi connectivity index (χ0) is 25.8. The molecule has 2 heterocycles. The fourth-order valence-corrected chi connectivity index (χ4v) is 4.17. The van der Waals surface area contributed by atoms with E-state index in [9.17, 15) is 14.4 Å². The number of carbonyl (C=O) groups excluding carboxylic acids is 3. The number of amides is 3. The van der Waals surface area contributed by atoms with Crippen LogP contribution in [0.1, 0.15) is 13.3 Å². The number of methoxy groups -OCH3 is 1. The Kier molecular flexibility index (Phi) is 7.19. The highest BCUT2D eigenvalue weighted by molar-refractivity contribution is 5.96. The number of ether oxygens (including phenoxy) is 2. The molecule has 0 unspecified atom stereocenters. The van der Waals surface area contributed by atoms with E-state index in [1.165, 1.54) is 4.90 Å². The first-order valence-electron chi connectivity index (χ1n) is 11.5. The van der Waals surface area contributed by atoms with Crippen LogP contribution < -0.4 is 20.5 Å². The second kappa shape index (κ2) is 10.5. The first-order valence-corrected chi connectivity index (χ1v) is 11.5. The molecule has 1 saturated heterocycles. The minimum absolute atomic E-state index is 0.149. The van der Waals surface area contributed by atoms with Crippen molar-refractivity contribution in [2.75, 3.05) is 20.2 Å². The van der Waals surface area contributed by atoms with Gasteiger partial charge in [0.2, 0.25) is 17.7 Å². The molecule has 9 heteroatoms. The molecule has 0 radical (unpaired) electrons. The van der Waals surface area contributed by atoms with Crippen molar-refractivity contribution in [3.63, 3.8) is 0 Å². The molecule has 186 valence electrons. The fourth-order valence-electron chi connectivity index (χ4n) is 4.17. The van der Waals surface area contributed by atoms with Crippen LogP contribution in [0.2, 0.25) is 0 Å². The molecule has 0 saturated carbocycles. The number of carbonyl (C=O) groups is 3. The molecule has 36 heavy (non-hydrogen) atoms. The summed E-state index contributed by atoms with van der Waals surface area (Å²) in [5.74, 6) is -0.254. The number of primary amides is 1. The van der Waals surface area contributed by atoms with Crippen molar-refractivity contribution in [2.45, 2.75) is 25.5 Å². The summed E-state index contributed by atoms with van der Waals surface area (Å²) in [6, 6.07) is 16.2. The summed E-state index contributed by atoms with van der Waals surface area (Å²) in [6.45, 7) is 4.98. The highest BCUT2D eigenvalue weighted by atomic mass is 16.5. The van der Waals surface area contributed by atoms with Crippen LogP contribution in [0.3, 0.4) is 0 Å². The normalized spacial score (nSPS) is 17.0. The van der Waals surface area contributed by atoms with E-state index in [1.807, 2.05) is 54.6 Å². The Morgan fingerprint density at radius 3 is 2.58 bits per heavy atom. The largest absolute Gasteiger partial charge is 0.497 e. The smallest absolute Gasteiger partial charge is 0.246 e. The van der Waals surface area contributed by atoms with Crippen LogP contribution in [-0.2, 0) is 14.4 Å². The van der Waals surface area contributed by atoms with Gasteiger partial charge in [-0.25, -0.2) is 4.98 Å². The molecule has 0 spiro atoms. The number of hydrogen-bond acceptors (Lipinski definition) is 6. The summed E-state index contributed by atoms with van der Waals surface area (Å²) in [5, 5.41) is 3.27. The fraction of sp³-hybridized carbons (Fsp3) is 0.259. The lowest BCUT2D eigenvalue weighted by atomic mass is 10.1. The molecule has 3 amide bonds. The monoisotopic (exact) mass is 488 g/mol. The van der Waals surface area contributed by atoms with Crippen LogP contribution in [0.5, 0.6) is 11.5 Å². The predicted molar refractivity (Wildman–Crippen MR) is 135 cm³/mol. The van der Waals surface area contributed by atoms with E-state index in [0.717, 1.165) is 10.9 Å². The number of pyridine rings is 1. The van der Waals surface area contributed by atoms with Gasteiger partial charge in [0.15, 0.2) is 0 Å². The average molecular weight is 489 g/mol. The van der Waals surface area contributed by atoms with E-state index in [2.05, 4.69) is 11.9 Å². The average Bonchev–Trinajstić information content (AvgIpc) is 3.31. The van der Waals surface area contributed by atoms with E-state index in [4.69, 9.17) is 20.2 Å². The van der Waals surface area contributed by atoms with E-state index in [1.54, 1.807) is 14.0 Å². The van der Waals surface area contributed by atoms with Gasteiger partial charge in [0.25, 0.3) is 0 Å². The molecule has 0 aliphatic carbocycles. The van der Waals surface area contributed by atoms with Crippen LogP contribution in [0.4, 0.5) is 0 Å². The first-order chi connectivity index (χ1) is 17.3. The summed E-state index contributed by atoms with van der Waals surface area (Å²) < 4.78 is 11.7. The molecule has 1 aromatic heterocycles. The molecule has 3 aromatic rings. The predicted octanol–water partition coefficient (Wildman–Crippen LogP) is 2.44. The van der Waals surface area contributed by atoms with Crippen molar-refractivity contribution >= 4 is 28.6 Å². The second-order valence-electron chi connectivity index (χ2n) is 8.66. The third-order valence-electron chi connectivity index (χ3n) is 6.04. The lowest BCUT2D eigenvalue weighted by Crippen LogP contribution is -2.47. The lowest BCUT2D eigenvalue weighted by molar-refractivity contribution is -0.137. The summed E-state index contributed by atoms with van der Waals surface area (Å²) in [5.41, 5.74) is 8.19. The van der Waals surface area contributed by atoms with Crippen molar-refractivity contribution in [1.29, 1.82) is 0 Å².